The number of thiophene rings is 1. The van der Waals surface area contributed by atoms with Gasteiger partial charge in [-0.25, -0.2) is 4.79 Å². The first-order chi connectivity index (χ1) is 9.61. The van der Waals surface area contributed by atoms with Gasteiger partial charge in [0.2, 0.25) is 0 Å². The van der Waals surface area contributed by atoms with Crippen LogP contribution in [0.25, 0.3) is 0 Å². The standard InChI is InChI=1S/C16H19NO2S/c1-11-9-14(12(2)20-11)10-17-15(16(18)19-3)13-7-5-4-6-8-13/h4-9,15,17H,10H2,1-3H3. The summed E-state index contributed by atoms with van der Waals surface area (Å²) >= 11 is 1.77. The van der Waals surface area contributed by atoms with Crippen molar-refractivity contribution in [2.24, 2.45) is 0 Å². The molecule has 4 heteroatoms. The SMILES string of the molecule is COC(=O)C(NCc1cc(C)sc1C)c1ccccc1. The van der Waals surface area contributed by atoms with Gasteiger partial charge in [0.15, 0.2) is 0 Å². The van der Waals surface area contributed by atoms with Gasteiger partial charge in [0, 0.05) is 16.3 Å². The number of carbonyl (C=O) groups is 1. The van der Waals surface area contributed by atoms with Gasteiger partial charge in [-0.2, -0.15) is 0 Å². The Hall–Kier alpha value is -1.65. The molecule has 2 rings (SSSR count). The maximum atomic E-state index is 11.9. The highest BCUT2D eigenvalue weighted by atomic mass is 32.1. The minimum atomic E-state index is -0.430. The molecule has 2 aromatic rings. The van der Waals surface area contributed by atoms with Crippen LogP contribution in [0.2, 0.25) is 0 Å². The third-order valence-corrected chi connectivity index (χ3v) is 4.22. The maximum absolute atomic E-state index is 11.9. The highest BCUT2D eigenvalue weighted by Gasteiger charge is 2.20. The summed E-state index contributed by atoms with van der Waals surface area (Å²) in [5.41, 5.74) is 2.15. The Morgan fingerprint density at radius 1 is 1.30 bits per heavy atom. The Labute approximate surface area is 123 Å². The second-order valence-electron chi connectivity index (χ2n) is 4.69. The Balaban J connectivity index is 2.13. The van der Waals surface area contributed by atoms with Crippen molar-refractivity contribution in [3.05, 3.63) is 57.3 Å². The summed E-state index contributed by atoms with van der Waals surface area (Å²) in [4.78, 5) is 14.5. The summed E-state index contributed by atoms with van der Waals surface area (Å²) in [6.45, 7) is 4.85. The van der Waals surface area contributed by atoms with Gasteiger partial charge in [-0.15, -0.1) is 11.3 Å². The summed E-state index contributed by atoms with van der Waals surface area (Å²) in [5, 5.41) is 3.29. The van der Waals surface area contributed by atoms with E-state index in [1.807, 2.05) is 30.3 Å². The smallest absolute Gasteiger partial charge is 0.327 e. The molecule has 1 N–H and O–H groups in total. The van der Waals surface area contributed by atoms with Crippen molar-refractivity contribution in [2.45, 2.75) is 26.4 Å². The molecular weight excluding hydrogens is 270 g/mol. The Kier molecular flexibility index (Phi) is 4.93. The average molecular weight is 289 g/mol. The molecule has 0 aliphatic rings. The monoisotopic (exact) mass is 289 g/mol. The summed E-state index contributed by atoms with van der Waals surface area (Å²) in [6, 6.07) is 11.4. The zero-order valence-electron chi connectivity index (χ0n) is 12.0. The molecule has 0 bridgehead atoms. The van der Waals surface area contributed by atoms with Gasteiger partial charge in [-0.05, 0) is 31.0 Å². The molecule has 1 atom stereocenters. The second-order valence-corrected chi connectivity index (χ2v) is 6.15. The van der Waals surface area contributed by atoms with Crippen LogP contribution in [0.15, 0.2) is 36.4 Å². The van der Waals surface area contributed by atoms with Crippen LogP contribution < -0.4 is 5.32 Å². The molecule has 1 unspecified atom stereocenters. The predicted octanol–water partition coefficient (Wildman–Crippen LogP) is 3.37. The average Bonchev–Trinajstić information content (AvgIpc) is 2.78. The van der Waals surface area contributed by atoms with E-state index >= 15 is 0 Å². The van der Waals surface area contributed by atoms with E-state index < -0.39 is 6.04 Å². The lowest BCUT2D eigenvalue weighted by Crippen LogP contribution is -2.29. The normalized spacial score (nSPS) is 12.2. The molecule has 0 aliphatic heterocycles. The van der Waals surface area contributed by atoms with E-state index in [2.05, 4.69) is 25.2 Å². The van der Waals surface area contributed by atoms with Crippen LogP contribution in [0.5, 0.6) is 0 Å². The summed E-state index contributed by atoms with van der Waals surface area (Å²) in [7, 11) is 1.42. The summed E-state index contributed by atoms with van der Waals surface area (Å²) in [6.07, 6.45) is 0. The predicted molar refractivity (Wildman–Crippen MR) is 81.8 cm³/mol. The molecule has 0 spiro atoms. The maximum Gasteiger partial charge on any atom is 0.327 e. The number of aryl methyl sites for hydroxylation is 2. The lowest BCUT2D eigenvalue weighted by Gasteiger charge is -2.16. The highest BCUT2D eigenvalue weighted by molar-refractivity contribution is 7.12. The number of esters is 1. The lowest BCUT2D eigenvalue weighted by molar-refractivity contribution is -0.143. The van der Waals surface area contributed by atoms with Gasteiger partial charge in [0.05, 0.1) is 7.11 Å². The fraction of sp³-hybridized carbons (Fsp3) is 0.312. The van der Waals surface area contributed by atoms with Crippen molar-refractivity contribution in [3.63, 3.8) is 0 Å². The third kappa shape index (κ3) is 3.46. The van der Waals surface area contributed by atoms with E-state index in [0.717, 1.165) is 5.56 Å². The van der Waals surface area contributed by atoms with Crippen LogP contribution >= 0.6 is 11.3 Å². The van der Waals surface area contributed by atoms with E-state index in [4.69, 9.17) is 4.74 Å². The number of rotatable bonds is 5. The molecule has 3 nitrogen and oxygen atoms in total. The number of benzene rings is 1. The topological polar surface area (TPSA) is 38.3 Å². The zero-order valence-corrected chi connectivity index (χ0v) is 12.8. The van der Waals surface area contributed by atoms with E-state index in [9.17, 15) is 4.79 Å². The van der Waals surface area contributed by atoms with Crippen LogP contribution in [0, 0.1) is 13.8 Å². The molecule has 1 aromatic heterocycles. The molecule has 0 radical (unpaired) electrons. The third-order valence-electron chi connectivity index (χ3n) is 3.21. The Bertz CT molecular complexity index is 577. The van der Waals surface area contributed by atoms with Crippen LogP contribution in [0.1, 0.15) is 26.9 Å². The van der Waals surface area contributed by atoms with Gasteiger partial charge in [-0.3, -0.25) is 5.32 Å². The number of ether oxygens (including phenoxy) is 1. The second kappa shape index (κ2) is 6.68. The number of nitrogens with one attached hydrogen (secondary N) is 1. The Morgan fingerprint density at radius 3 is 2.55 bits per heavy atom. The lowest BCUT2D eigenvalue weighted by atomic mass is 10.1. The molecule has 1 heterocycles. The van der Waals surface area contributed by atoms with Crippen LogP contribution in [-0.4, -0.2) is 13.1 Å². The van der Waals surface area contributed by atoms with Gasteiger partial charge in [0.25, 0.3) is 0 Å². The molecule has 106 valence electrons. The largest absolute Gasteiger partial charge is 0.468 e. The van der Waals surface area contributed by atoms with Crippen molar-refractivity contribution >= 4 is 17.3 Å². The number of hydrogen-bond acceptors (Lipinski definition) is 4. The number of carbonyl (C=O) groups excluding carboxylic acids is 1. The highest BCUT2D eigenvalue weighted by Crippen LogP contribution is 2.22. The molecule has 0 aliphatic carbocycles. The summed E-state index contributed by atoms with van der Waals surface area (Å²) in [5.74, 6) is -0.263. The van der Waals surface area contributed by atoms with E-state index in [1.165, 1.54) is 22.4 Å². The minimum Gasteiger partial charge on any atom is -0.468 e. The molecule has 0 amide bonds. The number of methoxy groups -OCH3 is 1. The quantitative estimate of drug-likeness (QED) is 0.858. The van der Waals surface area contributed by atoms with E-state index in [1.54, 1.807) is 11.3 Å². The fourth-order valence-corrected chi connectivity index (χ4v) is 3.12. The first-order valence-corrected chi connectivity index (χ1v) is 7.35. The van der Waals surface area contributed by atoms with E-state index in [0.29, 0.717) is 6.54 Å². The molecule has 0 saturated carbocycles. The van der Waals surface area contributed by atoms with E-state index in [-0.39, 0.29) is 5.97 Å². The summed E-state index contributed by atoms with van der Waals surface area (Å²) < 4.78 is 4.89. The van der Waals surface area contributed by atoms with Crippen molar-refractivity contribution in [1.29, 1.82) is 0 Å². The molecule has 0 saturated heterocycles. The first-order valence-electron chi connectivity index (χ1n) is 6.54. The first kappa shape index (κ1) is 14.8. The molecule has 20 heavy (non-hydrogen) atoms. The minimum absolute atomic E-state index is 0.263. The van der Waals surface area contributed by atoms with Crippen LogP contribution in [-0.2, 0) is 16.1 Å². The van der Waals surface area contributed by atoms with Crippen molar-refractivity contribution in [1.82, 2.24) is 5.32 Å². The van der Waals surface area contributed by atoms with Crippen LogP contribution in [0.3, 0.4) is 0 Å². The fourth-order valence-electron chi connectivity index (χ4n) is 2.17. The van der Waals surface area contributed by atoms with Gasteiger partial charge in [-0.1, -0.05) is 30.3 Å². The molecule has 1 aromatic carbocycles. The van der Waals surface area contributed by atoms with Crippen molar-refractivity contribution in [2.75, 3.05) is 7.11 Å². The molecule has 0 fully saturated rings. The van der Waals surface area contributed by atoms with Gasteiger partial charge >= 0.3 is 5.97 Å². The zero-order chi connectivity index (χ0) is 14.5. The van der Waals surface area contributed by atoms with Crippen molar-refractivity contribution < 1.29 is 9.53 Å². The molecular formula is C16H19NO2S. The Morgan fingerprint density at radius 2 is 2.00 bits per heavy atom. The number of hydrogen-bond donors (Lipinski definition) is 1. The van der Waals surface area contributed by atoms with Crippen LogP contribution in [0.4, 0.5) is 0 Å². The van der Waals surface area contributed by atoms with Crippen molar-refractivity contribution in [3.8, 4) is 0 Å². The van der Waals surface area contributed by atoms with Gasteiger partial charge in [0.1, 0.15) is 6.04 Å². The van der Waals surface area contributed by atoms with Gasteiger partial charge < -0.3 is 4.74 Å².